The highest BCUT2D eigenvalue weighted by Crippen LogP contribution is 2.41. The molecule has 1 N–H and O–H groups in total. The van der Waals surface area contributed by atoms with Crippen molar-refractivity contribution in [3.8, 4) is 0 Å². The minimum atomic E-state index is -4.36. The van der Waals surface area contributed by atoms with E-state index >= 15 is 0 Å². The van der Waals surface area contributed by atoms with E-state index in [0.29, 0.717) is 32.4 Å². The van der Waals surface area contributed by atoms with Crippen molar-refractivity contribution in [2.45, 2.75) is 62.9 Å². The SMILES string of the molecule is O=C(C[C@H]1CCCO1)N1CCC([C@@H]2C[C@H](C(F)(F)F)n3ncnc3N2)CC1. The summed E-state index contributed by atoms with van der Waals surface area (Å²) >= 11 is 0. The lowest BCUT2D eigenvalue weighted by molar-refractivity contribution is -0.174. The molecule has 3 atom stereocenters. The highest BCUT2D eigenvalue weighted by atomic mass is 19.4. The molecule has 0 aliphatic carbocycles. The molecule has 4 heterocycles. The number of likely N-dealkylation sites (tertiary alicyclic amines) is 1. The van der Waals surface area contributed by atoms with Crippen LogP contribution in [0.15, 0.2) is 6.33 Å². The number of nitrogens with zero attached hydrogens (tertiary/aromatic N) is 4. The maximum atomic E-state index is 13.4. The van der Waals surface area contributed by atoms with Crippen LogP contribution in [-0.2, 0) is 9.53 Å². The van der Waals surface area contributed by atoms with E-state index in [1.807, 2.05) is 4.90 Å². The molecule has 0 radical (unpaired) electrons. The van der Waals surface area contributed by atoms with Gasteiger partial charge in [-0.3, -0.25) is 4.79 Å². The molecule has 27 heavy (non-hydrogen) atoms. The predicted octanol–water partition coefficient (Wildman–Crippen LogP) is 2.37. The third-order valence-electron chi connectivity index (χ3n) is 5.93. The molecule has 0 unspecified atom stereocenters. The van der Waals surface area contributed by atoms with Gasteiger partial charge < -0.3 is 15.0 Å². The van der Waals surface area contributed by atoms with Crippen LogP contribution >= 0.6 is 0 Å². The normalized spacial score (nSPS) is 29.4. The fourth-order valence-corrected chi connectivity index (χ4v) is 4.41. The lowest BCUT2D eigenvalue weighted by atomic mass is 9.85. The van der Waals surface area contributed by atoms with E-state index in [9.17, 15) is 18.0 Å². The van der Waals surface area contributed by atoms with Crippen molar-refractivity contribution in [2.75, 3.05) is 25.0 Å². The molecular weight excluding hydrogens is 363 g/mol. The summed E-state index contributed by atoms with van der Waals surface area (Å²) in [6.07, 6.45) is 0.457. The summed E-state index contributed by atoms with van der Waals surface area (Å²) in [5.74, 6) is 0.336. The quantitative estimate of drug-likeness (QED) is 0.862. The van der Waals surface area contributed by atoms with Crippen LogP contribution in [0.4, 0.5) is 19.1 Å². The number of anilines is 1. The number of halogens is 3. The van der Waals surface area contributed by atoms with Crippen LogP contribution in [0.1, 0.15) is 44.6 Å². The van der Waals surface area contributed by atoms with E-state index < -0.39 is 12.2 Å². The predicted molar refractivity (Wildman–Crippen MR) is 90.0 cm³/mol. The van der Waals surface area contributed by atoms with Gasteiger partial charge in [0.2, 0.25) is 11.9 Å². The van der Waals surface area contributed by atoms with Crippen molar-refractivity contribution in [1.82, 2.24) is 19.7 Å². The van der Waals surface area contributed by atoms with Gasteiger partial charge in [0, 0.05) is 25.7 Å². The first kappa shape index (κ1) is 18.5. The highest BCUT2D eigenvalue weighted by Gasteiger charge is 2.48. The fraction of sp³-hybridized carbons (Fsp3) is 0.824. The Morgan fingerprint density at radius 2 is 2.07 bits per heavy atom. The number of nitrogens with one attached hydrogen (secondary N) is 1. The number of rotatable bonds is 3. The Morgan fingerprint density at radius 1 is 1.30 bits per heavy atom. The standard InChI is InChI=1S/C17H24F3N5O2/c18-17(19,20)14-9-13(23-16-21-10-22-25(14)16)11-3-5-24(6-4-11)15(26)8-12-2-1-7-27-12/h10-14H,1-9H2,(H,21,22,23)/t12-,13+,14-/m1/s1. The summed E-state index contributed by atoms with van der Waals surface area (Å²) in [7, 11) is 0. The molecule has 4 rings (SSSR count). The number of alkyl halides is 3. The third-order valence-corrected chi connectivity index (χ3v) is 5.93. The van der Waals surface area contributed by atoms with E-state index in [2.05, 4.69) is 15.4 Å². The molecule has 150 valence electrons. The van der Waals surface area contributed by atoms with Crippen LogP contribution in [0.2, 0.25) is 0 Å². The average Bonchev–Trinajstić information content (AvgIpc) is 3.31. The van der Waals surface area contributed by atoms with Crippen molar-refractivity contribution in [2.24, 2.45) is 5.92 Å². The Labute approximate surface area is 155 Å². The van der Waals surface area contributed by atoms with E-state index in [4.69, 9.17) is 4.74 Å². The zero-order chi connectivity index (χ0) is 19.0. The van der Waals surface area contributed by atoms with Crippen LogP contribution in [0, 0.1) is 5.92 Å². The highest BCUT2D eigenvalue weighted by molar-refractivity contribution is 5.76. The molecule has 1 aromatic heterocycles. The Hall–Kier alpha value is -1.84. The number of hydrogen-bond donors (Lipinski definition) is 1. The van der Waals surface area contributed by atoms with Gasteiger partial charge in [0.05, 0.1) is 12.5 Å². The van der Waals surface area contributed by atoms with Gasteiger partial charge in [-0.2, -0.15) is 23.3 Å². The monoisotopic (exact) mass is 387 g/mol. The van der Waals surface area contributed by atoms with Gasteiger partial charge >= 0.3 is 6.18 Å². The zero-order valence-corrected chi connectivity index (χ0v) is 15.0. The summed E-state index contributed by atoms with van der Waals surface area (Å²) in [6, 6.07) is -1.97. The first-order valence-corrected chi connectivity index (χ1v) is 9.54. The van der Waals surface area contributed by atoms with Crippen molar-refractivity contribution in [1.29, 1.82) is 0 Å². The molecule has 3 aliphatic rings. The number of ether oxygens (including phenoxy) is 1. The number of aromatic nitrogens is 3. The lowest BCUT2D eigenvalue weighted by Crippen LogP contribution is -2.47. The van der Waals surface area contributed by atoms with Gasteiger partial charge in [-0.05, 0) is 38.0 Å². The van der Waals surface area contributed by atoms with E-state index in [0.717, 1.165) is 30.5 Å². The number of carbonyl (C=O) groups is 1. The van der Waals surface area contributed by atoms with Crippen LogP contribution in [0.25, 0.3) is 0 Å². The number of piperidine rings is 1. The first-order valence-electron chi connectivity index (χ1n) is 9.54. The van der Waals surface area contributed by atoms with Crippen molar-refractivity contribution in [3.05, 3.63) is 6.33 Å². The summed E-state index contributed by atoms with van der Waals surface area (Å²) in [6.45, 7) is 1.88. The molecule has 0 bridgehead atoms. The molecule has 2 saturated heterocycles. The number of carbonyl (C=O) groups excluding carboxylic acids is 1. The Kier molecular flexibility index (Phi) is 5.00. The van der Waals surface area contributed by atoms with Crippen LogP contribution in [0.5, 0.6) is 0 Å². The Morgan fingerprint density at radius 3 is 2.74 bits per heavy atom. The van der Waals surface area contributed by atoms with Gasteiger partial charge in [0.1, 0.15) is 6.33 Å². The second-order valence-corrected chi connectivity index (χ2v) is 7.63. The van der Waals surface area contributed by atoms with Crippen LogP contribution in [0.3, 0.4) is 0 Å². The minimum Gasteiger partial charge on any atom is -0.378 e. The molecule has 7 nitrogen and oxygen atoms in total. The van der Waals surface area contributed by atoms with Gasteiger partial charge in [-0.15, -0.1) is 0 Å². The number of fused-ring (bicyclic) bond motifs is 1. The molecule has 10 heteroatoms. The van der Waals surface area contributed by atoms with Gasteiger partial charge in [0.15, 0.2) is 6.04 Å². The maximum Gasteiger partial charge on any atom is 0.411 e. The average molecular weight is 387 g/mol. The zero-order valence-electron chi connectivity index (χ0n) is 15.0. The molecule has 3 aliphatic heterocycles. The second-order valence-electron chi connectivity index (χ2n) is 7.63. The molecule has 2 fully saturated rings. The lowest BCUT2D eigenvalue weighted by Gasteiger charge is -2.40. The largest absolute Gasteiger partial charge is 0.411 e. The minimum absolute atomic E-state index is 0.0224. The molecule has 0 spiro atoms. The molecule has 1 aromatic rings. The first-order chi connectivity index (χ1) is 12.9. The van der Waals surface area contributed by atoms with Gasteiger partial charge in [-0.1, -0.05) is 0 Å². The maximum absolute atomic E-state index is 13.4. The van der Waals surface area contributed by atoms with Crippen LogP contribution < -0.4 is 5.32 Å². The Bertz CT molecular complexity index is 666. The van der Waals surface area contributed by atoms with Crippen molar-refractivity contribution in [3.63, 3.8) is 0 Å². The summed E-state index contributed by atoms with van der Waals surface area (Å²) in [5.41, 5.74) is 0. The number of hydrogen-bond acceptors (Lipinski definition) is 5. The summed E-state index contributed by atoms with van der Waals surface area (Å²) in [5, 5.41) is 6.84. The second kappa shape index (κ2) is 7.29. The molecular formula is C17H24F3N5O2. The fourth-order valence-electron chi connectivity index (χ4n) is 4.41. The molecule has 0 saturated carbocycles. The van der Waals surface area contributed by atoms with E-state index in [-0.39, 0.29) is 36.3 Å². The van der Waals surface area contributed by atoms with E-state index in [1.165, 1.54) is 0 Å². The number of amides is 1. The topological polar surface area (TPSA) is 72.3 Å². The molecule has 1 amide bonds. The Balaban J connectivity index is 1.35. The summed E-state index contributed by atoms with van der Waals surface area (Å²) in [4.78, 5) is 18.2. The van der Waals surface area contributed by atoms with E-state index in [1.54, 1.807) is 0 Å². The van der Waals surface area contributed by atoms with Crippen molar-refractivity contribution < 1.29 is 22.7 Å². The van der Waals surface area contributed by atoms with Gasteiger partial charge in [-0.25, -0.2) is 4.68 Å². The van der Waals surface area contributed by atoms with Gasteiger partial charge in [0.25, 0.3) is 0 Å². The van der Waals surface area contributed by atoms with Crippen LogP contribution in [-0.4, -0.2) is 63.6 Å². The molecule has 0 aromatic carbocycles. The smallest absolute Gasteiger partial charge is 0.378 e. The van der Waals surface area contributed by atoms with Crippen molar-refractivity contribution >= 4 is 11.9 Å². The third kappa shape index (κ3) is 3.90. The summed E-state index contributed by atoms with van der Waals surface area (Å²) < 4.78 is 46.7.